The van der Waals surface area contributed by atoms with Crippen LogP contribution in [0, 0.1) is 11.3 Å². The van der Waals surface area contributed by atoms with Gasteiger partial charge in [-0.25, -0.2) is 0 Å². The molecule has 0 bridgehead atoms. The average molecular weight is 496 g/mol. The number of rotatable bonds is 6. The molecule has 0 fully saturated rings. The van der Waals surface area contributed by atoms with Crippen LogP contribution in [0.5, 0.6) is 0 Å². The van der Waals surface area contributed by atoms with Gasteiger partial charge in [0, 0.05) is 26.1 Å². The highest BCUT2D eigenvalue weighted by atomic mass is 127. The fourth-order valence-electron chi connectivity index (χ4n) is 3.10. The molecule has 0 aliphatic carbocycles. The van der Waals surface area contributed by atoms with Crippen molar-refractivity contribution in [2.45, 2.75) is 12.5 Å². The first-order valence-corrected chi connectivity index (χ1v) is 9.33. The van der Waals surface area contributed by atoms with Gasteiger partial charge in [0.15, 0.2) is 5.96 Å². The Hall–Kier alpha value is -2.85. The molecule has 0 spiro atoms. The molecule has 0 radical (unpaired) electrons. The normalized spacial score (nSPS) is 10.7. The van der Waals surface area contributed by atoms with Gasteiger partial charge in [-0.3, -0.25) is 4.99 Å². The molecule has 0 amide bonds. The summed E-state index contributed by atoms with van der Waals surface area (Å²) in [6.07, 6.45) is 0. The Morgan fingerprint density at radius 1 is 0.862 bits per heavy atom. The number of hydrogen-bond donors (Lipinski definition) is 2. The molecule has 3 aromatic rings. The van der Waals surface area contributed by atoms with Gasteiger partial charge >= 0.3 is 0 Å². The maximum Gasteiger partial charge on any atom is 0.191 e. The van der Waals surface area contributed by atoms with Crippen LogP contribution in [0.1, 0.15) is 28.2 Å². The summed E-state index contributed by atoms with van der Waals surface area (Å²) in [4.78, 5) is 4.34. The van der Waals surface area contributed by atoms with E-state index in [1.807, 2.05) is 36.4 Å². The lowest BCUT2D eigenvalue weighted by Gasteiger charge is -2.20. The molecule has 3 rings (SSSR count). The van der Waals surface area contributed by atoms with Crippen LogP contribution in [0.15, 0.2) is 89.9 Å². The fraction of sp³-hybridized carbons (Fsp3) is 0.167. The number of hydrogen-bond acceptors (Lipinski definition) is 2. The highest BCUT2D eigenvalue weighted by Gasteiger charge is 2.14. The van der Waals surface area contributed by atoms with Crippen LogP contribution in [0.25, 0.3) is 0 Å². The van der Waals surface area contributed by atoms with Crippen molar-refractivity contribution in [3.05, 3.63) is 107 Å². The van der Waals surface area contributed by atoms with Crippen molar-refractivity contribution >= 4 is 29.9 Å². The van der Waals surface area contributed by atoms with Crippen molar-refractivity contribution in [1.29, 1.82) is 5.26 Å². The Bertz CT molecular complexity index is 893. The summed E-state index contributed by atoms with van der Waals surface area (Å²) >= 11 is 0. The van der Waals surface area contributed by atoms with E-state index in [2.05, 4.69) is 70.2 Å². The van der Waals surface area contributed by atoms with Crippen LogP contribution in [0.3, 0.4) is 0 Å². The number of nitrogens with zero attached hydrogens (tertiary/aromatic N) is 2. The molecule has 29 heavy (non-hydrogen) atoms. The quantitative estimate of drug-likeness (QED) is 0.296. The number of benzene rings is 3. The lowest BCUT2D eigenvalue weighted by atomic mass is 9.91. The lowest BCUT2D eigenvalue weighted by Crippen LogP contribution is -2.39. The van der Waals surface area contributed by atoms with Crippen molar-refractivity contribution in [2.24, 2.45) is 4.99 Å². The molecular formula is C24H25IN4. The van der Waals surface area contributed by atoms with E-state index >= 15 is 0 Å². The molecule has 0 aromatic heterocycles. The molecule has 0 heterocycles. The molecule has 0 unspecified atom stereocenters. The summed E-state index contributed by atoms with van der Waals surface area (Å²) in [5, 5.41) is 15.7. The number of nitriles is 1. The largest absolute Gasteiger partial charge is 0.355 e. The van der Waals surface area contributed by atoms with Crippen molar-refractivity contribution in [1.82, 2.24) is 10.6 Å². The standard InChI is InChI=1S/C24H24N4.HI/c1-26-24(27-17-20-14-12-19(16-25)13-15-20)28-18-23(21-8-4-2-5-9-21)22-10-6-3-7-11-22;/h2-15,23H,17-18H2,1H3,(H2,26,27,28);1H. The summed E-state index contributed by atoms with van der Waals surface area (Å²) in [5.74, 6) is 0.983. The zero-order valence-electron chi connectivity index (χ0n) is 16.4. The Labute approximate surface area is 189 Å². The predicted octanol–water partition coefficient (Wildman–Crippen LogP) is 4.67. The van der Waals surface area contributed by atoms with Crippen molar-refractivity contribution in [3.8, 4) is 6.07 Å². The molecule has 0 saturated carbocycles. The van der Waals surface area contributed by atoms with Crippen molar-refractivity contribution < 1.29 is 0 Å². The van der Waals surface area contributed by atoms with E-state index < -0.39 is 0 Å². The maximum atomic E-state index is 8.90. The lowest BCUT2D eigenvalue weighted by molar-refractivity contribution is 0.728. The first kappa shape index (κ1) is 22.4. The molecule has 4 nitrogen and oxygen atoms in total. The minimum Gasteiger partial charge on any atom is -0.355 e. The molecule has 0 saturated heterocycles. The van der Waals surface area contributed by atoms with E-state index in [1.54, 1.807) is 7.05 Å². The molecule has 148 valence electrons. The number of halogens is 1. The Kier molecular flexibility index (Phi) is 9.19. The van der Waals surface area contributed by atoms with Crippen LogP contribution >= 0.6 is 24.0 Å². The third-order valence-corrected chi connectivity index (χ3v) is 4.64. The Morgan fingerprint density at radius 2 is 1.41 bits per heavy atom. The monoisotopic (exact) mass is 496 g/mol. The smallest absolute Gasteiger partial charge is 0.191 e. The molecule has 0 aliphatic rings. The maximum absolute atomic E-state index is 8.90. The van der Waals surface area contributed by atoms with Crippen molar-refractivity contribution in [3.63, 3.8) is 0 Å². The number of aliphatic imine (C=N–C) groups is 1. The molecule has 0 aliphatic heterocycles. The predicted molar refractivity (Wildman–Crippen MR) is 130 cm³/mol. The topological polar surface area (TPSA) is 60.2 Å². The van der Waals surface area contributed by atoms with Crippen LogP contribution in [-0.2, 0) is 6.54 Å². The van der Waals surface area contributed by atoms with Gasteiger partial charge in [-0.15, -0.1) is 24.0 Å². The van der Waals surface area contributed by atoms with E-state index in [-0.39, 0.29) is 29.9 Å². The van der Waals surface area contributed by atoms with E-state index in [0.717, 1.165) is 18.1 Å². The van der Waals surface area contributed by atoms with Gasteiger partial charge in [0.1, 0.15) is 0 Å². The summed E-state index contributed by atoms with van der Waals surface area (Å²) in [5.41, 5.74) is 4.30. The number of guanidine groups is 1. The third kappa shape index (κ3) is 6.61. The summed E-state index contributed by atoms with van der Waals surface area (Å²) < 4.78 is 0. The van der Waals surface area contributed by atoms with Crippen molar-refractivity contribution in [2.75, 3.05) is 13.6 Å². The van der Waals surface area contributed by atoms with E-state index in [4.69, 9.17) is 5.26 Å². The highest BCUT2D eigenvalue weighted by Crippen LogP contribution is 2.23. The van der Waals surface area contributed by atoms with Crippen LogP contribution in [0.2, 0.25) is 0 Å². The molecular weight excluding hydrogens is 471 g/mol. The summed E-state index contributed by atoms with van der Waals surface area (Å²) in [6, 6.07) is 30.7. The second-order valence-electron chi connectivity index (χ2n) is 6.49. The summed E-state index contributed by atoms with van der Waals surface area (Å²) in [7, 11) is 1.77. The van der Waals surface area contributed by atoms with E-state index in [0.29, 0.717) is 12.1 Å². The van der Waals surface area contributed by atoms with Gasteiger partial charge < -0.3 is 10.6 Å². The Balaban J connectivity index is 0.00000300. The minimum absolute atomic E-state index is 0. The summed E-state index contributed by atoms with van der Waals surface area (Å²) in [6.45, 7) is 1.38. The Morgan fingerprint density at radius 3 is 1.90 bits per heavy atom. The van der Waals surface area contributed by atoms with Crippen LogP contribution in [-0.4, -0.2) is 19.6 Å². The minimum atomic E-state index is 0. The van der Waals surface area contributed by atoms with Gasteiger partial charge in [0.25, 0.3) is 0 Å². The molecule has 0 atom stereocenters. The average Bonchev–Trinajstić information content (AvgIpc) is 2.78. The van der Waals surface area contributed by atoms with Gasteiger partial charge in [0.2, 0.25) is 0 Å². The first-order valence-electron chi connectivity index (χ1n) is 9.33. The molecule has 2 N–H and O–H groups in total. The van der Waals surface area contributed by atoms with Gasteiger partial charge in [-0.2, -0.15) is 5.26 Å². The number of nitrogens with one attached hydrogen (secondary N) is 2. The zero-order chi connectivity index (χ0) is 19.6. The third-order valence-electron chi connectivity index (χ3n) is 4.64. The first-order chi connectivity index (χ1) is 13.8. The van der Waals surface area contributed by atoms with Crippen LogP contribution in [0.4, 0.5) is 0 Å². The van der Waals surface area contributed by atoms with E-state index in [1.165, 1.54) is 11.1 Å². The second-order valence-corrected chi connectivity index (χ2v) is 6.49. The van der Waals surface area contributed by atoms with Crippen LogP contribution < -0.4 is 10.6 Å². The zero-order valence-corrected chi connectivity index (χ0v) is 18.7. The molecule has 5 heteroatoms. The second kappa shape index (κ2) is 11.9. The van der Waals surface area contributed by atoms with E-state index in [9.17, 15) is 0 Å². The highest BCUT2D eigenvalue weighted by molar-refractivity contribution is 14.0. The van der Waals surface area contributed by atoms with Gasteiger partial charge in [-0.1, -0.05) is 72.8 Å². The fourth-order valence-corrected chi connectivity index (χ4v) is 3.10. The van der Waals surface area contributed by atoms with Gasteiger partial charge in [-0.05, 0) is 28.8 Å². The SMILES string of the molecule is CN=C(NCc1ccc(C#N)cc1)NCC(c1ccccc1)c1ccccc1.I. The van der Waals surface area contributed by atoms with Gasteiger partial charge in [0.05, 0.1) is 11.6 Å². The molecule has 3 aromatic carbocycles.